The molecule has 0 saturated heterocycles. The van der Waals surface area contributed by atoms with Gasteiger partial charge in [0.25, 0.3) is 0 Å². The number of hydrogen-bond donors (Lipinski definition) is 2. The van der Waals surface area contributed by atoms with E-state index in [-0.39, 0.29) is 69.3 Å². The van der Waals surface area contributed by atoms with E-state index in [1.807, 2.05) is 51.1 Å². The molecule has 5 nitrogen and oxygen atoms in total. The molecule has 0 fully saturated rings. The average Bonchev–Trinajstić information content (AvgIpc) is 2.77. The van der Waals surface area contributed by atoms with Crippen molar-refractivity contribution in [2.45, 2.75) is 33.1 Å². The van der Waals surface area contributed by atoms with Crippen LogP contribution in [0.5, 0.6) is 0 Å². The molecular formula is C24H21F6KN3O2-. The molecule has 1 heterocycles. The van der Waals surface area contributed by atoms with Crippen molar-refractivity contribution in [1.29, 1.82) is 5.41 Å². The van der Waals surface area contributed by atoms with Crippen molar-refractivity contribution in [1.82, 2.24) is 4.98 Å². The summed E-state index contributed by atoms with van der Waals surface area (Å²) in [5, 5.41) is 8.50. The third kappa shape index (κ3) is 11.7. The van der Waals surface area contributed by atoms with Gasteiger partial charge >= 0.3 is 63.7 Å². The zero-order chi connectivity index (χ0) is 26.8. The van der Waals surface area contributed by atoms with Crippen LogP contribution in [0.4, 0.5) is 32.0 Å². The molecule has 1 amide bonds. The van der Waals surface area contributed by atoms with Crippen molar-refractivity contribution < 1.29 is 87.3 Å². The molecule has 1 aromatic carbocycles. The smallest absolute Gasteiger partial charge is 0.376 e. The van der Waals surface area contributed by atoms with Gasteiger partial charge in [0, 0.05) is 17.8 Å². The Morgan fingerprint density at radius 3 is 2.31 bits per heavy atom. The Bertz CT molecular complexity index is 1110. The van der Waals surface area contributed by atoms with Crippen LogP contribution >= 0.6 is 0 Å². The number of pyridine rings is 1. The maximum atomic E-state index is 12.4. The third-order valence-electron chi connectivity index (χ3n) is 3.98. The molecule has 0 aliphatic carbocycles. The summed E-state index contributed by atoms with van der Waals surface area (Å²) in [5.74, 6) is -1.20. The molecule has 188 valence electrons. The van der Waals surface area contributed by atoms with Crippen LogP contribution in [-0.4, -0.2) is 29.1 Å². The summed E-state index contributed by atoms with van der Waals surface area (Å²) >= 11 is 0. The van der Waals surface area contributed by atoms with Crippen molar-refractivity contribution in [3.8, 4) is 0 Å². The predicted molar refractivity (Wildman–Crippen MR) is 119 cm³/mol. The Kier molecular flexibility index (Phi) is 14.3. The van der Waals surface area contributed by atoms with Gasteiger partial charge < -0.3 is 20.3 Å². The summed E-state index contributed by atoms with van der Waals surface area (Å²) in [6.45, 7) is 5.76. The number of nitrogens with one attached hydrogen (secondary N) is 2. The molecule has 12 heteroatoms. The van der Waals surface area contributed by atoms with Crippen molar-refractivity contribution in [2.75, 3.05) is 5.32 Å². The molecule has 36 heavy (non-hydrogen) atoms. The Morgan fingerprint density at radius 2 is 1.81 bits per heavy atom. The molecule has 0 saturated carbocycles. The number of ketones is 1. The second-order valence-corrected chi connectivity index (χ2v) is 7.08. The zero-order valence-electron chi connectivity index (χ0n) is 19.8. The van der Waals surface area contributed by atoms with Crippen LogP contribution in [0.2, 0.25) is 0 Å². The van der Waals surface area contributed by atoms with Gasteiger partial charge in [0.2, 0.25) is 0 Å². The topological polar surface area (TPSA) is 82.9 Å². The third-order valence-corrected chi connectivity index (χ3v) is 3.98. The summed E-state index contributed by atoms with van der Waals surface area (Å²) in [4.78, 5) is 26.2. The van der Waals surface area contributed by atoms with Crippen LogP contribution < -0.4 is 56.7 Å². The number of benzene rings is 1. The van der Waals surface area contributed by atoms with Crippen LogP contribution in [0.1, 0.15) is 42.4 Å². The van der Waals surface area contributed by atoms with E-state index in [1.54, 1.807) is 5.32 Å². The van der Waals surface area contributed by atoms with Crippen LogP contribution in [0, 0.1) is 23.5 Å². The van der Waals surface area contributed by atoms with Crippen LogP contribution in [-0.2, 0) is 11.0 Å². The van der Waals surface area contributed by atoms with E-state index in [1.165, 1.54) is 0 Å². The van der Waals surface area contributed by atoms with Gasteiger partial charge in [0.05, 0.1) is 0 Å². The van der Waals surface area contributed by atoms with E-state index in [4.69, 9.17) is 5.41 Å². The molecule has 0 bridgehead atoms. The quantitative estimate of drug-likeness (QED) is 0.148. The van der Waals surface area contributed by atoms with E-state index in [0.717, 1.165) is 29.5 Å². The van der Waals surface area contributed by atoms with E-state index in [9.17, 15) is 35.9 Å². The fraction of sp³-hybridized carbons (Fsp3) is 0.250. The Morgan fingerprint density at radius 1 is 1.17 bits per heavy atom. The SMILES string of the molecule is C/C=C\c1[c-]cccc1C(=O)C(C)C.N=CC(=[C-]C(F)(F)F)C(=O)Nc1ccnc(C(F)(F)F)c1.[K+]. The normalized spacial score (nSPS) is 11.9. The first-order valence-electron chi connectivity index (χ1n) is 9.94. The van der Waals surface area contributed by atoms with Crippen molar-refractivity contribution in [2.24, 2.45) is 5.92 Å². The minimum atomic E-state index is -4.96. The van der Waals surface area contributed by atoms with Gasteiger partial charge in [-0.3, -0.25) is 4.98 Å². The number of aromatic nitrogens is 1. The second kappa shape index (κ2) is 15.2. The minimum Gasteiger partial charge on any atom is -0.376 e. The number of alkyl halides is 6. The van der Waals surface area contributed by atoms with E-state index in [2.05, 4.69) is 11.1 Å². The van der Waals surface area contributed by atoms with Crippen LogP contribution in [0.3, 0.4) is 0 Å². The molecule has 1 aromatic heterocycles. The first-order valence-corrected chi connectivity index (χ1v) is 9.94. The van der Waals surface area contributed by atoms with Gasteiger partial charge in [-0.25, -0.2) is 0 Å². The first-order chi connectivity index (χ1) is 16.2. The number of carbonyl (C=O) groups excluding carboxylic acids is 2. The summed E-state index contributed by atoms with van der Waals surface area (Å²) in [7, 11) is 0. The summed E-state index contributed by atoms with van der Waals surface area (Å²) in [6, 6.07) is 10.0. The maximum Gasteiger partial charge on any atom is 1.00 e. The molecule has 2 rings (SSSR count). The molecule has 0 atom stereocenters. The number of halogens is 6. The molecule has 0 aliphatic rings. The van der Waals surface area contributed by atoms with Crippen molar-refractivity contribution >= 4 is 29.7 Å². The van der Waals surface area contributed by atoms with Gasteiger partial charge in [-0.1, -0.05) is 38.6 Å². The van der Waals surface area contributed by atoms with Crippen LogP contribution in [0.15, 0.2) is 48.2 Å². The molecule has 2 N–H and O–H groups in total. The largest absolute Gasteiger partial charge is 1.00 e. The molecular weight excluding hydrogens is 515 g/mol. The number of hydrogen-bond acceptors (Lipinski definition) is 4. The molecule has 0 spiro atoms. The molecule has 0 aliphatic heterocycles. The zero-order valence-corrected chi connectivity index (χ0v) is 22.9. The fourth-order valence-corrected chi connectivity index (χ4v) is 2.45. The van der Waals surface area contributed by atoms with Gasteiger partial charge in [-0.05, 0) is 12.1 Å². The standard InChI is InChI=1S/C13H15O.C11H6F6N3O.K/c1-4-7-11-8-5-6-9-12(11)13(14)10(2)3;12-10(13,14)4-6(5-18)9(21)20-7-1-2-19-8(3-7)11(15,16)17;/h4-7,9-10H,1-3H3;1-3,5,18H,(H,19,20,21);/q2*-1;+1/b7-4-;;. The molecule has 2 aromatic rings. The summed E-state index contributed by atoms with van der Waals surface area (Å²) < 4.78 is 73.2. The Balaban J connectivity index is 0.000000713. The van der Waals surface area contributed by atoms with E-state index in [0.29, 0.717) is 6.07 Å². The van der Waals surface area contributed by atoms with Gasteiger partial charge in [-0.2, -0.15) is 26.3 Å². The van der Waals surface area contributed by atoms with Gasteiger partial charge in [0.15, 0.2) is 0 Å². The van der Waals surface area contributed by atoms with E-state index >= 15 is 0 Å². The molecule has 0 unspecified atom stereocenters. The summed E-state index contributed by atoms with van der Waals surface area (Å²) in [6.07, 6.45) is -4.27. The fourth-order valence-electron chi connectivity index (χ4n) is 2.45. The van der Waals surface area contributed by atoms with Gasteiger partial charge in [-0.15, -0.1) is 47.6 Å². The van der Waals surface area contributed by atoms with Crippen molar-refractivity contribution in [3.05, 3.63) is 77.1 Å². The summed E-state index contributed by atoms with van der Waals surface area (Å²) in [5.41, 5.74) is -1.26. The maximum absolute atomic E-state index is 12.4. The van der Waals surface area contributed by atoms with E-state index < -0.39 is 35.2 Å². The number of anilines is 1. The number of amides is 1. The van der Waals surface area contributed by atoms with Crippen molar-refractivity contribution in [3.63, 3.8) is 0 Å². The minimum absolute atomic E-state index is 0. The van der Waals surface area contributed by atoms with Crippen LogP contribution in [0.25, 0.3) is 6.08 Å². The average molecular weight is 537 g/mol. The first kappa shape index (κ1) is 33.9. The molecule has 0 radical (unpaired) electrons. The number of allylic oxidation sites excluding steroid dienone is 2. The monoisotopic (exact) mass is 536 g/mol. The van der Waals surface area contributed by atoms with Gasteiger partial charge in [0.1, 0.15) is 17.4 Å². The second-order valence-electron chi connectivity index (χ2n) is 7.08. The number of Topliss-reactive ketones (excluding diaryl/α,β-unsaturated/α-hetero) is 1. The predicted octanol–water partition coefficient (Wildman–Crippen LogP) is 3.34. The number of carbonyl (C=O) groups is 2. The Hall–Kier alpha value is -2.12. The Labute approximate surface area is 247 Å². The number of nitrogens with zero attached hydrogens (tertiary/aromatic N) is 1. The number of rotatable bonds is 6.